The van der Waals surface area contributed by atoms with E-state index >= 15 is 0 Å². The molecule has 0 radical (unpaired) electrons. The van der Waals surface area contributed by atoms with E-state index in [1.807, 2.05) is 4.90 Å². The number of hydrogen-bond donors (Lipinski definition) is 0. The number of amides is 2. The van der Waals surface area contributed by atoms with E-state index in [1.165, 1.54) is 12.8 Å². The molecule has 3 atom stereocenters. The maximum Gasteiger partial charge on any atom is 0.227 e. The molecule has 1 aliphatic carbocycles. The second-order valence-corrected chi connectivity index (χ2v) is 7.77. The standard InChI is InChI=1S/C18H30N2O2/c1-13-5-3-6-14(2)20(11-13)18(22)16-7-4-10-19(12-16)17(21)15-8-9-15/h13-16H,3-12H2,1-2H3/t13-,14+,16+/m1/s1. The largest absolute Gasteiger partial charge is 0.342 e. The molecule has 3 aliphatic rings. The molecular formula is C18H30N2O2. The van der Waals surface area contributed by atoms with Crippen LogP contribution in [-0.4, -0.2) is 47.3 Å². The molecule has 0 aromatic heterocycles. The molecule has 2 amide bonds. The SMILES string of the molecule is C[C@@H]1CCC[C@H](C)N(C(=O)[C@H]2CCCN(C(=O)C3CC3)C2)C1. The number of piperidine rings is 1. The molecule has 4 nitrogen and oxygen atoms in total. The summed E-state index contributed by atoms with van der Waals surface area (Å²) in [6, 6.07) is 0.354. The van der Waals surface area contributed by atoms with Gasteiger partial charge >= 0.3 is 0 Å². The Balaban J connectivity index is 1.63. The highest BCUT2D eigenvalue weighted by atomic mass is 16.2. The van der Waals surface area contributed by atoms with Crippen LogP contribution >= 0.6 is 0 Å². The third kappa shape index (κ3) is 3.47. The van der Waals surface area contributed by atoms with E-state index in [4.69, 9.17) is 0 Å². The number of likely N-dealkylation sites (tertiary alicyclic amines) is 2. The van der Waals surface area contributed by atoms with Gasteiger partial charge in [-0.2, -0.15) is 0 Å². The highest BCUT2D eigenvalue weighted by molar-refractivity contribution is 5.83. The van der Waals surface area contributed by atoms with Crippen molar-refractivity contribution in [2.45, 2.75) is 64.8 Å². The van der Waals surface area contributed by atoms with Crippen molar-refractivity contribution in [3.8, 4) is 0 Å². The predicted octanol–water partition coefficient (Wildman–Crippen LogP) is 2.67. The second kappa shape index (κ2) is 6.59. The maximum absolute atomic E-state index is 13.0. The Kier molecular flexibility index (Phi) is 4.74. The van der Waals surface area contributed by atoms with Crippen LogP contribution in [0.2, 0.25) is 0 Å². The van der Waals surface area contributed by atoms with Crippen LogP contribution in [0.25, 0.3) is 0 Å². The first-order chi connectivity index (χ1) is 10.6. The van der Waals surface area contributed by atoms with E-state index in [9.17, 15) is 9.59 Å². The van der Waals surface area contributed by atoms with Crippen molar-refractivity contribution >= 4 is 11.8 Å². The molecule has 22 heavy (non-hydrogen) atoms. The van der Waals surface area contributed by atoms with Crippen LogP contribution in [0.3, 0.4) is 0 Å². The Morgan fingerprint density at radius 1 is 0.818 bits per heavy atom. The van der Waals surface area contributed by atoms with E-state index in [0.29, 0.717) is 30.3 Å². The van der Waals surface area contributed by atoms with Crippen LogP contribution in [0, 0.1) is 17.8 Å². The molecule has 3 fully saturated rings. The van der Waals surface area contributed by atoms with Crippen molar-refractivity contribution in [2.24, 2.45) is 17.8 Å². The van der Waals surface area contributed by atoms with Crippen molar-refractivity contribution in [3.05, 3.63) is 0 Å². The molecule has 3 rings (SSSR count). The lowest BCUT2D eigenvalue weighted by Gasteiger charge is -2.37. The van der Waals surface area contributed by atoms with Gasteiger partial charge in [-0.1, -0.05) is 13.3 Å². The van der Waals surface area contributed by atoms with Gasteiger partial charge in [0, 0.05) is 31.6 Å². The normalized spacial score (nSPS) is 33.5. The number of nitrogens with zero attached hydrogens (tertiary/aromatic N) is 2. The molecule has 1 saturated carbocycles. The van der Waals surface area contributed by atoms with Crippen LogP contribution in [-0.2, 0) is 9.59 Å². The molecule has 2 saturated heterocycles. The summed E-state index contributed by atoms with van der Waals surface area (Å²) in [6.45, 7) is 6.85. The van der Waals surface area contributed by atoms with Crippen molar-refractivity contribution in [1.29, 1.82) is 0 Å². The van der Waals surface area contributed by atoms with Crippen molar-refractivity contribution in [2.75, 3.05) is 19.6 Å². The zero-order valence-electron chi connectivity index (χ0n) is 14.1. The zero-order chi connectivity index (χ0) is 15.7. The van der Waals surface area contributed by atoms with Gasteiger partial charge in [-0.3, -0.25) is 9.59 Å². The van der Waals surface area contributed by atoms with Crippen LogP contribution in [0.5, 0.6) is 0 Å². The maximum atomic E-state index is 13.0. The Hall–Kier alpha value is -1.06. The summed E-state index contributed by atoms with van der Waals surface area (Å²) in [7, 11) is 0. The van der Waals surface area contributed by atoms with Gasteiger partial charge in [0.1, 0.15) is 0 Å². The smallest absolute Gasteiger partial charge is 0.227 e. The number of hydrogen-bond acceptors (Lipinski definition) is 2. The highest BCUT2D eigenvalue weighted by Gasteiger charge is 2.38. The summed E-state index contributed by atoms with van der Waals surface area (Å²) in [5, 5.41) is 0. The number of rotatable bonds is 2. The molecule has 0 N–H and O–H groups in total. The Morgan fingerprint density at radius 2 is 1.59 bits per heavy atom. The number of carbonyl (C=O) groups is 2. The van der Waals surface area contributed by atoms with Gasteiger partial charge in [0.25, 0.3) is 0 Å². The average molecular weight is 306 g/mol. The second-order valence-electron chi connectivity index (χ2n) is 7.77. The molecule has 0 bridgehead atoms. The van der Waals surface area contributed by atoms with Gasteiger partial charge in [0.15, 0.2) is 0 Å². The topological polar surface area (TPSA) is 40.6 Å². The van der Waals surface area contributed by atoms with Crippen LogP contribution in [0.15, 0.2) is 0 Å². The van der Waals surface area contributed by atoms with Gasteiger partial charge in [0.05, 0.1) is 5.92 Å². The molecule has 124 valence electrons. The third-order valence-electron chi connectivity index (χ3n) is 5.65. The van der Waals surface area contributed by atoms with Gasteiger partial charge in [-0.25, -0.2) is 0 Å². The first-order valence-electron chi connectivity index (χ1n) is 9.15. The minimum Gasteiger partial charge on any atom is -0.342 e. The minimum absolute atomic E-state index is 0.0317. The van der Waals surface area contributed by atoms with E-state index in [-0.39, 0.29) is 11.8 Å². The van der Waals surface area contributed by atoms with Crippen LogP contribution in [0.1, 0.15) is 58.8 Å². The molecule has 2 heterocycles. The lowest BCUT2D eigenvalue weighted by Crippen LogP contribution is -2.49. The quantitative estimate of drug-likeness (QED) is 0.787. The third-order valence-corrected chi connectivity index (χ3v) is 5.65. The summed E-state index contributed by atoms with van der Waals surface area (Å²) >= 11 is 0. The van der Waals surface area contributed by atoms with Crippen LogP contribution < -0.4 is 0 Å². The summed E-state index contributed by atoms with van der Waals surface area (Å²) in [5.74, 6) is 1.50. The molecule has 4 heteroatoms. The van der Waals surface area contributed by atoms with Crippen molar-refractivity contribution < 1.29 is 9.59 Å². The van der Waals surface area contributed by atoms with Gasteiger partial charge in [-0.05, 0) is 51.4 Å². The summed E-state index contributed by atoms with van der Waals surface area (Å²) in [4.78, 5) is 29.4. The first-order valence-corrected chi connectivity index (χ1v) is 9.15. The van der Waals surface area contributed by atoms with E-state index < -0.39 is 0 Å². The molecule has 0 unspecified atom stereocenters. The fourth-order valence-electron chi connectivity index (χ4n) is 4.03. The van der Waals surface area contributed by atoms with Crippen LogP contribution in [0.4, 0.5) is 0 Å². The Bertz CT molecular complexity index is 433. The lowest BCUT2D eigenvalue weighted by molar-refractivity contribution is -0.143. The fourth-order valence-corrected chi connectivity index (χ4v) is 4.03. The summed E-state index contributed by atoms with van der Waals surface area (Å²) < 4.78 is 0. The summed E-state index contributed by atoms with van der Waals surface area (Å²) in [6.07, 6.45) is 7.60. The monoisotopic (exact) mass is 306 g/mol. The van der Waals surface area contributed by atoms with Crippen molar-refractivity contribution in [1.82, 2.24) is 9.80 Å². The van der Waals surface area contributed by atoms with Gasteiger partial charge < -0.3 is 9.80 Å². The zero-order valence-corrected chi connectivity index (χ0v) is 14.1. The number of carbonyl (C=O) groups excluding carboxylic acids is 2. The van der Waals surface area contributed by atoms with E-state index in [0.717, 1.165) is 45.2 Å². The predicted molar refractivity (Wildman–Crippen MR) is 86.2 cm³/mol. The van der Waals surface area contributed by atoms with E-state index in [2.05, 4.69) is 18.7 Å². The van der Waals surface area contributed by atoms with Crippen molar-refractivity contribution in [3.63, 3.8) is 0 Å². The van der Waals surface area contributed by atoms with Gasteiger partial charge in [-0.15, -0.1) is 0 Å². The molecule has 0 spiro atoms. The first kappa shape index (κ1) is 15.8. The highest BCUT2D eigenvalue weighted by Crippen LogP contribution is 2.33. The Morgan fingerprint density at radius 3 is 2.32 bits per heavy atom. The lowest BCUT2D eigenvalue weighted by atomic mass is 9.95. The molecule has 2 aliphatic heterocycles. The average Bonchev–Trinajstić information content (AvgIpc) is 3.36. The summed E-state index contributed by atoms with van der Waals surface area (Å²) in [5.41, 5.74) is 0. The Labute approximate surface area is 134 Å². The fraction of sp³-hybridized carbons (Fsp3) is 0.889. The molecule has 0 aromatic rings. The molecular weight excluding hydrogens is 276 g/mol. The molecule has 0 aromatic carbocycles. The minimum atomic E-state index is 0.0317. The van der Waals surface area contributed by atoms with E-state index in [1.54, 1.807) is 0 Å². The van der Waals surface area contributed by atoms with Gasteiger partial charge in [0.2, 0.25) is 11.8 Å².